The molecule has 1 heterocycles. The smallest absolute Gasteiger partial charge is 0.260 e. The molecule has 24 heavy (non-hydrogen) atoms. The Labute approximate surface area is 146 Å². The van der Waals surface area contributed by atoms with Crippen LogP contribution >= 0.6 is 11.3 Å². The van der Waals surface area contributed by atoms with E-state index in [4.69, 9.17) is 0 Å². The monoisotopic (exact) mass is 336 g/mol. The summed E-state index contributed by atoms with van der Waals surface area (Å²) in [6.07, 6.45) is 0.887. The van der Waals surface area contributed by atoms with Gasteiger partial charge in [-0.15, -0.1) is 11.3 Å². The zero-order chi connectivity index (χ0) is 16.9. The van der Waals surface area contributed by atoms with Gasteiger partial charge in [0.25, 0.3) is 5.91 Å². The number of carbonyl (C=O) groups excluding carboxylic acids is 1. The number of anilines is 1. The van der Waals surface area contributed by atoms with E-state index in [0.717, 1.165) is 28.4 Å². The lowest BCUT2D eigenvalue weighted by Crippen LogP contribution is -2.31. The van der Waals surface area contributed by atoms with Crippen molar-refractivity contribution >= 4 is 22.4 Å². The summed E-state index contributed by atoms with van der Waals surface area (Å²) in [6.45, 7) is 4.75. The van der Waals surface area contributed by atoms with Gasteiger partial charge in [-0.25, -0.2) is 4.98 Å². The summed E-state index contributed by atoms with van der Waals surface area (Å²) < 4.78 is 0. The number of amides is 1. The maximum absolute atomic E-state index is 12.9. The van der Waals surface area contributed by atoms with E-state index in [1.807, 2.05) is 66.9 Å². The van der Waals surface area contributed by atoms with E-state index in [1.54, 1.807) is 4.90 Å². The molecule has 4 heteroatoms. The van der Waals surface area contributed by atoms with Gasteiger partial charge in [0.15, 0.2) is 5.13 Å². The Kier molecular flexibility index (Phi) is 5.06. The molecule has 0 bridgehead atoms. The average Bonchev–Trinajstić information content (AvgIpc) is 3.10. The highest BCUT2D eigenvalue weighted by molar-refractivity contribution is 7.14. The molecule has 0 aliphatic rings. The van der Waals surface area contributed by atoms with Crippen molar-refractivity contribution in [3.05, 3.63) is 71.1 Å². The minimum absolute atomic E-state index is 0.00538. The van der Waals surface area contributed by atoms with E-state index in [-0.39, 0.29) is 5.91 Å². The number of nitrogens with zero attached hydrogens (tertiary/aromatic N) is 2. The highest BCUT2D eigenvalue weighted by atomic mass is 32.1. The molecule has 0 unspecified atom stereocenters. The van der Waals surface area contributed by atoms with Gasteiger partial charge in [-0.1, -0.05) is 55.0 Å². The van der Waals surface area contributed by atoms with Gasteiger partial charge in [0.1, 0.15) is 0 Å². The molecule has 3 aromatic rings. The minimum atomic E-state index is 0.00538. The second kappa shape index (κ2) is 7.41. The van der Waals surface area contributed by atoms with Gasteiger partial charge in [0, 0.05) is 23.1 Å². The van der Waals surface area contributed by atoms with Crippen molar-refractivity contribution in [2.45, 2.75) is 20.3 Å². The molecule has 3 nitrogen and oxygen atoms in total. The Bertz CT molecular complexity index is 809. The number of carbonyl (C=O) groups is 1. The van der Waals surface area contributed by atoms with Crippen molar-refractivity contribution in [1.29, 1.82) is 0 Å². The fourth-order valence-electron chi connectivity index (χ4n) is 2.49. The van der Waals surface area contributed by atoms with Crippen molar-refractivity contribution in [1.82, 2.24) is 4.98 Å². The van der Waals surface area contributed by atoms with E-state index in [1.165, 1.54) is 11.3 Å². The molecule has 0 spiro atoms. The third kappa shape index (κ3) is 3.54. The van der Waals surface area contributed by atoms with Crippen LogP contribution in [0.5, 0.6) is 0 Å². The second-order valence-corrected chi connectivity index (χ2v) is 6.54. The molecular formula is C20H20N2OS. The van der Waals surface area contributed by atoms with Crippen molar-refractivity contribution in [3.63, 3.8) is 0 Å². The zero-order valence-electron chi connectivity index (χ0n) is 13.9. The topological polar surface area (TPSA) is 33.2 Å². The molecule has 0 aliphatic heterocycles. The van der Waals surface area contributed by atoms with Gasteiger partial charge < -0.3 is 0 Å². The second-order valence-electron chi connectivity index (χ2n) is 5.70. The predicted octanol–water partition coefficient (Wildman–Crippen LogP) is 5.18. The number of thiazole rings is 1. The number of rotatable bonds is 5. The van der Waals surface area contributed by atoms with Crippen LogP contribution in [0, 0.1) is 6.92 Å². The summed E-state index contributed by atoms with van der Waals surface area (Å²) >= 11 is 1.51. The summed E-state index contributed by atoms with van der Waals surface area (Å²) in [6, 6.07) is 17.7. The number of hydrogen-bond donors (Lipinski definition) is 0. The first-order valence-corrected chi connectivity index (χ1v) is 8.96. The Balaban J connectivity index is 1.90. The van der Waals surface area contributed by atoms with Gasteiger partial charge in [-0.05, 0) is 25.5 Å². The Hall–Kier alpha value is -2.46. The molecule has 1 amide bonds. The van der Waals surface area contributed by atoms with Gasteiger partial charge in [0.05, 0.1) is 5.69 Å². The summed E-state index contributed by atoms with van der Waals surface area (Å²) in [5.74, 6) is 0.00538. The fourth-order valence-corrected chi connectivity index (χ4v) is 3.35. The van der Waals surface area contributed by atoms with Crippen LogP contribution in [0.15, 0.2) is 60.0 Å². The van der Waals surface area contributed by atoms with E-state index in [0.29, 0.717) is 12.1 Å². The van der Waals surface area contributed by atoms with Gasteiger partial charge >= 0.3 is 0 Å². The molecule has 0 aliphatic carbocycles. The largest absolute Gasteiger partial charge is 0.284 e. The number of aryl methyl sites for hydroxylation is 1. The highest BCUT2D eigenvalue weighted by Crippen LogP contribution is 2.28. The zero-order valence-corrected chi connectivity index (χ0v) is 14.7. The van der Waals surface area contributed by atoms with Crippen LogP contribution in [0.1, 0.15) is 29.3 Å². The summed E-state index contributed by atoms with van der Waals surface area (Å²) in [5, 5.41) is 2.76. The van der Waals surface area contributed by atoms with Crippen LogP contribution in [-0.4, -0.2) is 17.4 Å². The maximum Gasteiger partial charge on any atom is 0.260 e. The standard InChI is InChI=1S/C20H20N2OS/c1-3-13-22(19(23)17-11-9-15(2)10-12-17)20-21-18(14-24-20)16-7-5-4-6-8-16/h4-12,14H,3,13H2,1-2H3. The molecule has 122 valence electrons. The molecule has 0 radical (unpaired) electrons. The molecule has 0 atom stereocenters. The lowest BCUT2D eigenvalue weighted by molar-refractivity contribution is 0.0987. The quantitative estimate of drug-likeness (QED) is 0.643. The molecule has 2 aromatic carbocycles. The Morgan fingerprint density at radius 1 is 1.08 bits per heavy atom. The minimum Gasteiger partial charge on any atom is -0.284 e. The SMILES string of the molecule is CCCN(C(=O)c1ccc(C)cc1)c1nc(-c2ccccc2)cs1. The Morgan fingerprint density at radius 3 is 2.46 bits per heavy atom. The summed E-state index contributed by atoms with van der Waals surface area (Å²) in [4.78, 5) is 19.4. The summed E-state index contributed by atoms with van der Waals surface area (Å²) in [5.41, 5.74) is 3.83. The van der Waals surface area contributed by atoms with Crippen LogP contribution < -0.4 is 4.90 Å². The average molecular weight is 336 g/mol. The predicted molar refractivity (Wildman–Crippen MR) is 101 cm³/mol. The van der Waals surface area contributed by atoms with E-state index < -0.39 is 0 Å². The van der Waals surface area contributed by atoms with Crippen molar-refractivity contribution in [2.75, 3.05) is 11.4 Å². The fraction of sp³-hybridized carbons (Fsp3) is 0.200. The normalized spacial score (nSPS) is 10.6. The van der Waals surface area contributed by atoms with Crippen molar-refractivity contribution in [3.8, 4) is 11.3 Å². The first-order valence-electron chi connectivity index (χ1n) is 8.08. The highest BCUT2D eigenvalue weighted by Gasteiger charge is 2.20. The van der Waals surface area contributed by atoms with Crippen LogP contribution in [0.3, 0.4) is 0 Å². The van der Waals surface area contributed by atoms with Gasteiger partial charge in [-0.2, -0.15) is 0 Å². The molecular weight excluding hydrogens is 316 g/mol. The van der Waals surface area contributed by atoms with E-state index in [9.17, 15) is 4.79 Å². The summed E-state index contributed by atoms with van der Waals surface area (Å²) in [7, 11) is 0. The molecule has 1 aromatic heterocycles. The van der Waals surface area contributed by atoms with Gasteiger partial charge in [0.2, 0.25) is 0 Å². The molecule has 0 N–H and O–H groups in total. The van der Waals surface area contributed by atoms with Crippen LogP contribution in [0.25, 0.3) is 11.3 Å². The third-order valence-electron chi connectivity index (χ3n) is 3.78. The first kappa shape index (κ1) is 16.4. The van der Waals surface area contributed by atoms with Crippen LogP contribution in [0.2, 0.25) is 0 Å². The first-order chi connectivity index (χ1) is 11.7. The van der Waals surface area contributed by atoms with Crippen LogP contribution in [-0.2, 0) is 0 Å². The van der Waals surface area contributed by atoms with Crippen LogP contribution in [0.4, 0.5) is 5.13 Å². The maximum atomic E-state index is 12.9. The van der Waals surface area contributed by atoms with Crippen molar-refractivity contribution in [2.24, 2.45) is 0 Å². The van der Waals surface area contributed by atoms with E-state index >= 15 is 0 Å². The molecule has 0 fully saturated rings. The number of hydrogen-bond acceptors (Lipinski definition) is 3. The number of aromatic nitrogens is 1. The van der Waals surface area contributed by atoms with Crippen molar-refractivity contribution < 1.29 is 4.79 Å². The van der Waals surface area contributed by atoms with E-state index in [2.05, 4.69) is 11.9 Å². The Morgan fingerprint density at radius 2 is 1.79 bits per heavy atom. The number of benzene rings is 2. The lowest BCUT2D eigenvalue weighted by atomic mass is 10.1. The molecule has 0 saturated heterocycles. The molecule has 0 saturated carbocycles. The molecule has 3 rings (SSSR count). The lowest BCUT2D eigenvalue weighted by Gasteiger charge is -2.19. The third-order valence-corrected chi connectivity index (χ3v) is 4.65. The van der Waals surface area contributed by atoms with Gasteiger partial charge in [-0.3, -0.25) is 9.69 Å².